The molecule has 114 valence electrons. The average molecular weight is 298 g/mol. The molecule has 0 saturated carbocycles. The van der Waals surface area contributed by atoms with Crippen LogP contribution in [0.1, 0.15) is 19.4 Å². The van der Waals surface area contributed by atoms with Gasteiger partial charge in [0.15, 0.2) is 0 Å². The third-order valence-corrected chi connectivity index (χ3v) is 4.19. The molecule has 0 aliphatic heterocycles. The Kier molecular flexibility index (Phi) is 5.81. The maximum Gasteiger partial charge on any atom is 0.107 e. The molecule has 2 atom stereocenters. The molecule has 2 radical (unpaired) electrons. The molecule has 2 unspecified atom stereocenters. The summed E-state index contributed by atoms with van der Waals surface area (Å²) in [6.07, 6.45) is 12.6. The summed E-state index contributed by atoms with van der Waals surface area (Å²) in [5.74, 6) is 0.695. The summed E-state index contributed by atoms with van der Waals surface area (Å²) in [5.41, 5.74) is 5.27. The van der Waals surface area contributed by atoms with E-state index in [0.717, 1.165) is 27.8 Å². The molecule has 2 rings (SSSR count). The molecular weight excluding hydrogens is 275 g/mol. The van der Waals surface area contributed by atoms with E-state index < -0.39 is 0 Å². The quantitative estimate of drug-likeness (QED) is 0.499. The van der Waals surface area contributed by atoms with E-state index in [1.165, 1.54) is 0 Å². The van der Waals surface area contributed by atoms with Crippen LogP contribution >= 0.6 is 0 Å². The van der Waals surface area contributed by atoms with Gasteiger partial charge in [-0.05, 0) is 28.2 Å². The topological polar surface area (TPSA) is 0 Å². The van der Waals surface area contributed by atoms with Crippen molar-refractivity contribution in [2.45, 2.75) is 13.8 Å². The lowest BCUT2D eigenvalue weighted by molar-refractivity contribution is 0.576. The van der Waals surface area contributed by atoms with Crippen LogP contribution in [-0.2, 0) is 0 Å². The first-order chi connectivity index (χ1) is 11.0. The van der Waals surface area contributed by atoms with E-state index in [1.807, 2.05) is 37.3 Å². The number of allylic oxidation sites excluding steroid dienone is 10. The second-order valence-corrected chi connectivity index (χ2v) is 6.03. The predicted molar refractivity (Wildman–Crippen MR) is 103 cm³/mol. The second-order valence-electron chi connectivity index (χ2n) is 6.03. The van der Waals surface area contributed by atoms with Gasteiger partial charge in [-0.3, -0.25) is 0 Å². The van der Waals surface area contributed by atoms with Gasteiger partial charge in [0, 0.05) is 5.92 Å². The summed E-state index contributed by atoms with van der Waals surface area (Å²) < 4.78 is 0. The summed E-state index contributed by atoms with van der Waals surface area (Å²) in [4.78, 5) is 0. The van der Waals surface area contributed by atoms with Gasteiger partial charge in [-0.15, -0.1) is 5.47 Å². The minimum Gasteiger partial charge on any atom is -0.121 e. The first kappa shape index (κ1) is 17.1. The lowest BCUT2D eigenvalue weighted by atomic mass is 9.78. The van der Waals surface area contributed by atoms with E-state index in [-0.39, 0.29) is 0 Å². The normalized spacial score (nSPS) is 23.7. The fraction of sp³-hybridized carbons (Fsp3) is 0.182. The van der Waals surface area contributed by atoms with Gasteiger partial charge in [0.05, 0.1) is 0 Å². The van der Waals surface area contributed by atoms with Crippen LogP contribution in [0.2, 0.25) is 0 Å². The molecule has 1 heteroatoms. The third-order valence-electron chi connectivity index (χ3n) is 4.19. The predicted octanol–water partition coefficient (Wildman–Crippen LogP) is 5.63. The Bertz CT molecular complexity index is 695. The molecule has 0 fully saturated rings. The smallest absolute Gasteiger partial charge is 0.107 e. The first-order valence-corrected chi connectivity index (χ1v) is 7.93. The Morgan fingerprint density at radius 1 is 1.22 bits per heavy atom. The van der Waals surface area contributed by atoms with E-state index >= 15 is 0 Å². The zero-order chi connectivity index (χ0) is 16.8. The summed E-state index contributed by atoms with van der Waals surface area (Å²) in [6.45, 7) is 12.5. The highest BCUT2D eigenvalue weighted by atomic mass is 14.2. The van der Waals surface area contributed by atoms with E-state index in [9.17, 15) is 0 Å². The van der Waals surface area contributed by atoms with Crippen molar-refractivity contribution in [2.75, 3.05) is 0 Å². The molecule has 1 aliphatic rings. The maximum atomic E-state index is 5.70. The zero-order valence-corrected chi connectivity index (χ0v) is 14.0. The fourth-order valence-corrected chi connectivity index (χ4v) is 2.57. The largest absolute Gasteiger partial charge is 0.121 e. The summed E-state index contributed by atoms with van der Waals surface area (Å²) in [5, 5.41) is 0. The Morgan fingerprint density at radius 3 is 2.57 bits per heavy atom. The minimum atomic E-state index is 0.336. The average Bonchev–Trinajstić information content (AvgIpc) is 2.55. The van der Waals surface area contributed by atoms with Crippen LogP contribution in [0.15, 0.2) is 96.6 Å². The highest BCUT2D eigenvalue weighted by Gasteiger charge is 2.20. The van der Waals surface area contributed by atoms with Gasteiger partial charge in [0.1, 0.15) is 7.85 Å². The van der Waals surface area contributed by atoms with Crippen molar-refractivity contribution in [1.82, 2.24) is 0 Å². The molecular formula is C22H23B. The van der Waals surface area contributed by atoms with Gasteiger partial charge >= 0.3 is 0 Å². The lowest BCUT2D eigenvalue weighted by Crippen LogP contribution is -2.14. The van der Waals surface area contributed by atoms with Crippen molar-refractivity contribution < 1.29 is 0 Å². The highest BCUT2D eigenvalue weighted by Crippen LogP contribution is 2.33. The molecule has 0 N–H and O–H groups in total. The molecule has 0 saturated heterocycles. The van der Waals surface area contributed by atoms with E-state index in [4.69, 9.17) is 7.85 Å². The molecule has 1 aliphatic carbocycles. The van der Waals surface area contributed by atoms with E-state index in [0.29, 0.717) is 11.8 Å². The van der Waals surface area contributed by atoms with E-state index in [1.54, 1.807) is 0 Å². The Morgan fingerprint density at radius 2 is 1.91 bits per heavy atom. The monoisotopic (exact) mass is 298 g/mol. The van der Waals surface area contributed by atoms with Gasteiger partial charge < -0.3 is 0 Å². The van der Waals surface area contributed by atoms with Crippen molar-refractivity contribution >= 4 is 13.4 Å². The summed E-state index contributed by atoms with van der Waals surface area (Å²) in [7, 11) is 5.70. The molecule has 23 heavy (non-hydrogen) atoms. The molecule has 0 aromatic heterocycles. The SMILES string of the molecule is [B]/C(C)=C/C=C1/C=CC(/C=C\C(=C)c2ccccc2)C(C)C1=C. The molecule has 0 heterocycles. The third kappa shape index (κ3) is 4.59. The number of hydrogen-bond donors (Lipinski definition) is 0. The van der Waals surface area contributed by atoms with Gasteiger partial charge in [0.25, 0.3) is 0 Å². The van der Waals surface area contributed by atoms with Gasteiger partial charge in [-0.1, -0.05) is 93.8 Å². The molecule has 1 aromatic rings. The minimum absolute atomic E-state index is 0.336. The summed E-state index contributed by atoms with van der Waals surface area (Å²) in [6, 6.07) is 10.2. The van der Waals surface area contributed by atoms with Crippen LogP contribution in [0.5, 0.6) is 0 Å². The molecule has 0 amide bonds. The Labute approximate surface area is 141 Å². The Balaban J connectivity index is 2.13. The fourth-order valence-electron chi connectivity index (χ4n) is 2.57. The Hall–Kier alpha value is -2.28. The number of rotatable bonds is 4. The van der Waals surface area contributed by atoms with Crippen molar-refractivity contribution in [2.24, 2.45) is 11.8 Å². The second kappa shape index (κ2) is 7.83. The number of benzene rings is 1. The lowest BCUT2D eigenvalue weighted by Gasteiger charge is -2.26. The zero-order valence-electron chi connectivity index (χ0n) is 14.0. The first-order valence-electron chi connectivity index (χ1n) is 7.93. The number of hydrogen-bond acceptors (Lipinski definition) is 0. The van der Waals surface area contributed by atoms with E-state index in [2.05, 4.69) is 56.5 Å². The van der Waals surface area contributed by atoms with Gasteiger partial charge in [-0.2, -0.15) is 0 Å². The van der Waals surface area contributed by atoms with Crippen molar-refractivity contribution in [3.05, 3.63) is 102 Å². The standard InChI is InChI=1S/C22H23B/c1-16(20-8-6-5-7-9-20)10-12-21-14-15-22(13-11-17(2)23)19(4)18(21)3/h5-15,18,21H,1,4H2,2-3H3/b12-10-,17-11+,22-13-. The molecule has 0 bridgehead atoms. The van der Waals surface area contributed by atoms with Crippen LogP contribution in [-0.4, -0.2) is 7.85 Å². The molecule has 1 aromatic carbocycles. The highest BCUT2D eigenvalue weighted by molar-refractivity contribution is 6.21. The molecule has 0 nitrogen and oxygen atoms in total. The van der Waals surface area contributed by atoms with Gasteiger partial charge in [0.2, 0.25) is 0 Å². The van der Waals surface area contributed by atoms with Crippen molar-refractivity contribution in [3.8, 4) is 0 Å². The van der Waals surface area contributed by atoms with Crippen LogP contribution in [0.4, 0.5) is 0 Å². The van der Waals surface area contributed by atoms with Crippen LogP contribution in [0, 0.1) is 11.8 Å². The van der Waals surface area contributed by atoms with Crippen LogP contribution in [0.3, 0.4) is 0 Å². The summed E-state index contributed by atoms with van der Waals surface area (Å²) >= 11 is 0. The molecule has 0 spiro atoms. The van der Waals surface area contributed by atoms with Crippen LogP contribution in [0.25, 0.3) is 5.57 Å². The van der Waals surface area contributed by atoms with Crippen molar-refractivity contribution in [3.63, 3.8) is 0 Å². The van der Waals surface area contributed by atoms with Crippen molar-refractivity contribution in [1.29, 1.82) is 0 Å². The maximum absolute atomic E-state index is 5.70. The van der Waals surface area contributed by atoms with Gasteiger partial charge in [-0.25, -0.2) is 0 Å². The van der Waals surface area contributed by atoms with Crippen LogP contribution < -0.4 is 0 Å².